The molecule has 5 heteroatoms. The van der Waals surface area contributed by atoms with E-state index in [1.807, 2.05) is 44.2 Å². The van der Waals surface area contributed by atoms with Gasteiger partial charge in [-0.25, -0.2) is 4.98 Å². The molecule has 0 bridgehead atoms. The van der Waals surface area contributed by atoms with Crippen LogP contribution in [0, 0.1) is 0 Å². The molecule has 0 aliphatic heterocycles. The highest BCUT2D eigenvalue weighted by Gasteiger charge is 2.26. The van der Waals surface area contributed by atoms with Crippen LogP contribution in [0.15, 0.2) is 42.6 Å². The van der Waals surface area contributed by atoms with E-state index in [-0.39, 0.29) is 6.61 Å². The van der Waals surface area contributed by atoms with E-state index in [0.29, 0.717) is 18.4 Å². The number of aliphatic hydroxyl groups excluding tert-OH is 1. The highest BCUT2D eigenvalue weighted by Crippen LogP contribution is 2.24. The molecule has 0 aliphatic carbocycles. The Balaban J connectivity index is 2.24. The van der Waals surface area contributed by atoms with Crippen molar-refractivity contribution in [1.82, 2.24) is 9.97 Å². The summed E-state index contributed by atoms with van der Waals surface area (Å²) in [4.78, 5) is 8.43. The number of ether oxygens (including phenoxy) is 1. The van der Waals surface area contributed by atoms with Crippen molar-refractivity contribution in [1.29, 1.82) is 0 Å². The van der Waals surface area contributed by atoms with E-state index in [4.69, 9.17) is 4.74 Å². The number of hydrogen-bond donors (Lipinski definition) is 2. The summed E-state index contributed by atoms with van der Waals surface area (Å²) in [5.74, 6) is 0.940. The molecule has 0 fully saturated rings. The molecule has 1 aromatic carbocycles. The highest BCUT2D eigenvalue weighted by molar-refractivity contribution is 5.37. The lowest BCUT2D eigenvalue weighted by atomic mass is 9.93. The summed E-state index contributed by atoms with van der Waals surface area (Å²) in [5, 5.41) is 12.9. The molecule has 0 saturated heterocycles. The Labute approximate surface area is 118 Å². The van der Waals surface area contributed by atoms with E-state index in [1.165, 1.54) is 0 Å². The van der Waals surface area contributed by atoms with Crippen LogP contribution in [0.1, 0.15) is 19.4 Å². The summed E-state index contributed by atoms with van der Waals surface area (Å²) in [7, 11) is 0. The van der Waals surface area contributed by atoms with Gasteiger partial charge in [-0.05, 0) is 19.4 Å². The van der Waals surface area contributed by atoms with Gasteiger partial charge in [0.2, 0.25) is 11.8 Å². The summed E-state index contributed by atoms with van der Waals surface area (Å²) in [6.07, 6.45) is 1.63. The smallest absolute Gasteiger partial charge is 0.226 e. The van der Waals surface area contributed by atoms with E-state index < -0.39 is 5.54 Å². The number of nitrogens with zero attached hydrogens (tertiary/aromatic N) is 2. The van der Waals surface area contributed by atoms with E-state index in [2.05, 4.69) is 15.3 Å². The van der Waals surface area contributed by atoms with Crippen molar-refractivity contribution in [3.05, 3.63) is 48.2 Å². The average Bonchev–Trinajstić information content (AvgIpc) is 2.49. The van der Waals surface area contributed by atoms with Crippen LogP contribution in [-0.4, -0.2) is 28.3 Å². The lowest BCUT2D eigenvalue weighted by Crippen LogP contribution is -2.36. The predicted molar refractivity (Wildman–Crippen MR) is 77.7 cm³/mol. The van der Waals surface area contributed by atoms with Crippen molar-refractivity contribution in [3.8, 4) is 5.88 Å². The van der Waals surface area contributed by atoms with Crippen molar-refractivity contribution in [2.75, 3.05) is 18.5 Å². The first-order valence-corrected chi connectivity index (χ1v) is 6.58. The zero-order chi connectivity index (χ0) is 14.4. The van der Waals surface area contributed by atoms with Gasteiger partial charge in [0.15, 0.2) is 0 Å². The molecule has 1 heterocycles. The fraction of sp³-hybridized carbons (Fsp3) is 0.333. The number of aromatic nitrogens is 2. The Bertz CT molecular complexity index is 548. The van der Waals surface area contributed by atoms with Gasteiger partial charge in [-0.15, -0.1) is 0 Å². The third-order valence-corrected chi connectivity index (χ3v) is 3.04. The number of aliphatic hydroxyl groups is 1. The van der Waals surface area contributed by atoms with Gasteiger partial charge in [-0.2, -0.15) is 4.98 Å². The quantitative estimate of drug-likeness (QED) is 0.844. The largest absolute Gasteiger partial charge is 0.478 e. The molecule has 0 saturated carbocycles. The van der Waals surface area contributed by atoms with Crippen molar-refractivity contribution < 1.29 is 9.84 Å². The van der Waals surface area contributed by atoms with Crippen LogP contribution in [0.4, 0.5) is 5.95 Å². The van der Waals surface area contributed by atoms with Crippen LogP contribution < -0.4 is 10.1 Å². The standard InChI is InChI=1S/C15H19N3O2/c1-3-20-13-9-10-16-14(17-13)18-15(2,11-19)12-7-5-4-6-8-12/h4-10,19H,3,11H2,1-2H3,(H,16,17,18). The van der Waals surface area contributed by atoms with Crippen molar-refractivity contribution >= 4 is 5.95 Å². The Morgan fingerprint density at radius 2 is 2.00 bits per heavy atom. The first kappa shape index (κ1) is 14.3. The minimum Gasteiger partial charge on any atom is -0.478 e. The number of rotatable bonds is 6. The van der Waals surface area contributed by atoms with Gasteiger partial charge in [0, 0.05) is 12.3 Å². The second kappa shape index (κ2) is 6.34. The zero-order valence-electron chi connectivity index (χ0n) is 11.7. The lowest BCUT2D eigenvalue weighted by molar-refractivity contribution is 0.223. The summed E-state index contributed by atoms with van der Waals surface area (Å²) < 4.78 is 5.35. The Kier molecular flexibility index (Phi) is 4.53. The highest BCUT2D eigenvalue weighted by atomic mass is 16.5. The summed E-state index contributed by atoms with van der Waals surface area (Å²) in [5.41, 5.74) is 0.319. The summed E-state index contributed by atoms with van der Waals surface area (Å²) >= 11 is 0. The van der Waals surface area contributed by atoms with Crippen molar-refractivity contribution in [3.63, 3.8) is 0 Å². The van der Waals surface area contributed by atoms with Crippen LogP contribution in [0.3, 0.4) is 0 Å². The summed E-state index contributed by atoms with van der Waals surface area (Å²) in [6, 6.07) is 11.4. The van der Waals surface area contributed by atoms with Gasteiger partial charge >= 0.3 is 0 Å². The molecule has 0 amide bonds. The van der Waals surface area contributed by atoms with Gasteiger partial charge in [-0.1, -0.05) is 30.3 Å². The lowest BCUT2D eigenvalue weighted by Gasteiger charge is -2.29. The van der Waals surface area contributed by atoms with E-state index in [1.54, 1.807) is 12.3 Å². The number of hydrogen-bond acceptors (Lipinski definition) is 5. The second-order valence-corrected chi connectivity index (χ2v) is 4.63. The molecule has 20 heavy (non-hydrogen) atoms. The minimum atomic E-state index is -0.647. The number of benzene rings is 1. The van der Waals surface area contributed by atoms with Crippen molar-refractivity contribution in [2.24, 2.45) is 0 Å². The van der Waals surface area contributed by atoms with Crippen LogP contribution in [0.5, 0.6) is 5.88 Å². The number of anilines is 1. The monoisotopic (exact) mass is 273 g/mol. The number of nitrogens with one attached hydrogen (secondary N) is 1. The molecule has 2 aromatic rings. The van der Waals surface area contributed by atoms with Crippen LogP contribution >= 0.6 is 0 Å². The molecule has 2 rings (SSSR count). The van der Waals surface area contributed by atoms with Crippen LogP contribution in [0.2, 0.25) is 0 Å². The third kappa shape index (κ3) is 3.24. The van der Waals surface area contributed by atoms with Crippen LogP contribution in [-0.2, 0) is 5.54 Å². The normalized spacial score (nSPS) is 13.6. The third-order valence-electron chi connectivity index (χ3n) is 3.04. The van der Waals surface area contributed by atoms with E-state index in [0.717, 1.165) is 5.56 Å². The van der Waals surface area contributed by atoms with Gasteiger partial charge in [0.1, 0.15) is 0 Å². The molecule has 1 unspecified atom stereocenters. The van der Waals surface area contributed by atoms with E-state index >= 15 is 0 Å². The molecular formula is C15H19N3O2. The molecule has 1 atom stereocenters. The topological polar surface area (TPSA) is 67.3 Å². The average molecular weight is 273 g/mol. The van der Waals surface area contributed by atoms with Crippen molar-refractivity contribution in [2.45, 2.75) is 19.4 Å². The second-order valence-electron chi connectivity index (χ2n) is 4.63. The fourth-order valence-electron chi connectivity index (χ4n) is 1.89. The van der Waals surface area contributed by atoms with Gasteiger partial charge < -0.3 is 15.2 Å². The SMILES string of the molecule is CCOc1ccnc(NC(C)(CO)c2ccccc2)n1. The van der Waals surface area contributed by atoms with Gasteiger partial charge in [0.05, 0.1) is 18.8 Å². The van der Waals surface area contributed by atoms with E-state index in [9.17, 15) is 5.11 Å². The molecule has 1 aromatic heterocycles. The maximum atomic E-state index is 9.72. The first-order chi connectivity index (χ1) is 9.68. The van der Waals surface area contributed by atoms with Gasteiger partial charge in [0.25, 0.3) is 0 Å². The molecule has 106 valence electrons. The molecular weight excluding hydrogens is 254 g/mol. The molecule has 0 radical (unpaired) electrons. The molecule has 2 N–H and O–H groups in total. The van der Waals surface area contributed by atoms with Gasteiger partial charge in [-0.3, -0.25) is 0 Å². The minimum absolute atomic E-state index is 0.0702. The molecule has 5 nitrogen and oxygen atoms in total. The Hall–Kier alpha value is -2.14. The molecule has 0 aliphatic rings. The molecule has 0 spiro atoms. The zero-order valence-corrected chi connectivity index (χ0v) is 11.7. The fourth-order valence-corrected chi connectivity index (χ4v) is 1.89. The summed E-state index contributed by atoms with van der Waals surface area (Å²) in [6.45, 7) is 4.28. The Morgan fingerprint density at radius 1 is 1.25 bits per heavy atom. The van der Waals surface area contributed by atoms with Crippen LogP contribution in [0.25, 0.3) is 0 Å². The maximum absolute atomic E-state index is 9.72. The Morgan fingerprint density at radius 3 is 2.65 bits per heavy atom. The predicted octanol–water partition coefficient (Wildman–Crippen LogP) is 2.19. The first-order valence-electron chi connectivity index (χ1n) is 6.58. The maximum Gasteiger partial charge on any atom is 0.226 e.